The molecule has 1 saturated heterocycles. The lowest BCUT2D eigenvalue weighted by atomic mass is 9.86. The van der Waals surface area contributed by atoms with Gasteiger partial charge in [-0.05, 0) is 45.7 Å². The minimum Gasteiger partial charge on any atom is -0.368 e. The van der Waals surface area contributed by atoms with Crippen molar-refractivity contribution in [3.05, 3.63) is 32.5 Å². The van der Waals surface area contributed by atoms with Crippen molar-refractivity contribution < 1.29 is 9.53 Å². The lowest BCUT2D eigenvalue weighted by molar-refractivity contribution is -0.128. The SMILES string of the molecule is Cc1ccc2c(c1)-c1c(ssc1=S)C(C)(C)N2C(=O)C1CCCO1. The van der Waals surface area contributed by atoms with Gasteiger partial charge in [0.2, 0.25) is 0 Å². The molecular formula is C18H19NO2S3. The van der Waals surface area contributed by atoms with Crippen molar-refractivity contribution in [2.24, 2.45) is 0 Å². The van der Waals surface area contributed by atoms with Crippen LogP contribution in [0.5, 0.6) is 0 Å². The van der Waals surface area contributed by atoms with Crippen molar-refractivity contribution in [2.45, 2.75) is 45.3 Å². The third-order valence-corrected chi connectivity index (χ3v) is 8.16. The average Bonchev–Trinajstić information content (AvgIpc) is 3.17. The number of fused-ring (bicyclic) bond motifs is 3. The summed E-state index contributed by atoms with van der Waals surface area (Å²) in [6.45, 7) is 6.97. The van der Waals surface area contributed by atoms with Crippen LogP contribution in [0.2, 0.25) is 0 Å². The van der Waals surface area contributed by atoms with Crippen LogP contribution >= 0.6 is 32.9 Å². The number of rotatable bonds is 1. The maximum Gasteiger partial charge on any atom is 0.256 e. The van der Waals surface area contributed by atoms with Crippen LogP contribution in [0.3, 0.4) is 0 Å². The van der Waals surface area contributed by atoms with Gasteiger partial charge in [-0.15, -0.1) is 0 Å². The predicted molar refractivity (Wildman–Crippen MR) is 103 cm³/mol. The Morgan fingerprint density at radius 2 is 2.17 bits per heavy atom. The lowest BCUT2D eigenvalue weighted by Gasteiger charge is -2.43. The predicted octanol–water partition coefficient (Wildman–Crippen LogP) is 5.28. The molecule has 0 radical (unpaired) electrons. The molecular weight excluding hydrogens is 358 g/mol. The Bertz CT molecular complexity index is 875. The van der Waals surface area contributed by atoms with Crippen LogP contribution in [0.15, 0.2) is 18.2 Å². The van der Waals surface area contributed by atoms with Gasteiger partial charge in [0.25, 0.3) is 5.91 Å². The van der Waals surface area contributed by atoms with Crippen LogP contribution in [-0.4, -0.2) is 18.6 Å². The fourth-order valence-electron chi connectivity index (χ4n) is 3.65. The standard InChI is InChI=1S/C18H19NO2S3/c1-10-6-7-12-11(9-10)14-15(23-24-17(14)22)18(2,3)19(12)16(20)13-5-4-8-21-13/h6-7,9,13H,4-5,8H2,1-3H3. The number of carbonyl (C=O) groups excluding carboxylic acids is 1. The molecule has 0 bridgehead atoms. The van der Waals surface area contributed by atoms with E-state index in [0.29, 0.717) is 6.61 Å². The summed E-state index contributed by atoms with van der Waals surface area (Å²) in [7, 11) is 3.32. The molecule has 3 heterocycles. The number of benzene rings is 1. The van der Waals surface area contributed by atoms with E-state index in [1.54, 1.807) is 20.7 Å². The van der Waals surface area contributed by atoms with E-state index < -0.39 is 5.54 Å². The van der Waals surface area contributed by atoms with Gasteiger partial charge in [0.15, 0.2) is 0 Å². The van der Waals surface area contributed by atoms with Crippen molar-refractivity contribution in [3.8, 4) is 11.1 Å². The van der Waals surface area contributed by atoms with Gasteiger partial charge in [0, 0.05) is 17.7 Å². The largest absolute Gasteiger partial charge is 0.368 e. The molecule has 1 atom stereocenters. The molecule has 24 heavy (non-hydrogen) atoms. The van der Waals surface area contributed by atoms with E-state index in [-0.39, 0.29) is 12.0 Å². The molecule has 2 aliphatic heterocycles. The Morgan fingerprint density at radius 3 is 2.88 bits per heavy atom. The summed E-state index contributed by atoms with van der Waals surface area (Å²) < 4.78 is 6.60. The fourth-order valence-corrected chi connectivity index (χ4v) is 6.94. The average molecular weight is 378 g/mol. The van der Waals surface area contributed by atoms with Crippen molar-refractivity contribution in [2.75, 3.05) is 11.5 Å². The number of amides is 1. The first kappa shape index (κ1) is 16.4. The lowest BCUT2D eigenvalue weighted by Crippen LogP contribution is -2.51. The van der Waals surface area contributed by atoms with Crippen molar-refractivity contribution in [1.82, 2.24) is 0 Å². The van der Waals surface area contributed by atoms with Gasteiger partial charge in [0.1, 0.15) is 9.93 Å². The number of hydrogen-bond acceptors (Lipinski definition) is 5. The maximum absolute atomic E-state index is 13.3. The molecule has 4 rings (SSSR count). The highest BCUT2D eigenvalue weighted by Crippen LogP contribution is 2.52. The molecule has 0 N–H and O–H groups in total. The molecule has 0 spiro atoms. The van der Waals surface area contributed by atoms with Crippen LogP contribution < -0.4 is 4.90 Å². The van der Waals surface area contributed by atoms with Gasteiger partial charge < -0.3 is 4.74 Å². The van der Waals surface area contributed by atoms with Crippen LogP contribution in [-0.2, 0) is 15.1 Å². The zero-order valence-corrected chi connectivity index (χ0v) is 16.4. The zero-order chi connectivity index (χ0) is 17.1. The Labute approximate surface area is 154 Å². The van der Waals surface area contributed by atoms with Gasteiger partial charge >= 0.3 is 0 Å². The first-order valence-electron chi connectivity index (χ1n) is 8.11. The monoisotopic (exact) mass is 377 g/mol. The Balaban J connectivity index is 1.95. The number of carbonyl (C=O) groups is 1. The molecule has 0 saturated carbocycles. The second kappa shape index (κ2) is 5.73. The number of ether oxygens (including phenoxy) is 1. The van der Waals surface area contributed by atoms with E-state index in [1.165, 1.54) is 10.4 Å². The molecule has 2 aromatic rings. The van der Waals surface area contributed by atoms with E-state index in [9.17, 15) is 4.79 Å². The second-order valence-electron chi connectivity index (χ2n) is 6.91. The van der Waals surface area contributed by atoms with E-state index in [0.717, 1.165) is 33.5 Å². The van der Waals surface area contributed by atoms with Crippen molar-refractivity contribution >= 4 is 44.5 Å². The Kier molecular flexibility index (Phi) is 3.91. The third kappa shape index (κ3) is 2.31. The zero-order valence-electron chi connectivity index (χ0n) is 13.9. The molecule has 6 heteroatoms. The molecule has 1 aromatic heterocycles. The Morgan fingerprint density at radius 1 is 1.38 bits per heavy atom. The third-order valence-electron chi connectivity index (χ3n) is 4.83. The van der Waals surface area contributed by atoms with Crippen LogP contribution in [0, 0.1) is 10.7 Å². The summed E-state index contributed by atoms with van der Waals surface area (Å²) in [6.07, 6.45) is 1.43. The number of anilines is 1. The summed E-state index contributed by atoms with van der Waals surface area (Å²) in [5.41, 5.74) is 3.93. The maximum atomic E-state index is 13.3. The number of nitrogens with zero attached hydrogens (tertiary/aromatic N) is 1. The number of hydrogen-bond donors (Lipinski definition) is 0. The molecule has 1 aromatic carbocycles. The summed E-state index contributed by atoms with van der Waals surface area (Å²) in [4.78, 5) is 16.4. The molecule has 126 valence electrons. The van der Waals surface area contributed by atoms with E-state index in [2.05, 4.69) is 39.0 Å². The molecule has 2 aliphatic rings. The van der Waals surface area contributed by atoms with E-state index >= 15 is 0 Å². The molecule has 3 nitrogen and oxygen atoms in total. The summed E-state index contributed by atoms with van der Waals surface area (Å²) in [5, 5.41) is 0. The highest BCUT2D eigenvalue weighted by atomic mass is 32.9. The van der Waals surface area contributed by atoms with E-state index in [4.69, 9.17) is 17.0 Å². The molecule has 1 fully saturated rings. The molecule has 1 unspecified atom stereocenters. The summed E-state index contributed by atoms with van der Waals surface area (Å²) >= 11 is 5.61. The van der Waals surface area contributed by atoms with Gasteiger partial charge in [-0.25, -0.2) is 0 Å². The van der Waals surface area contributed by atoms with Gasteiger partial charge in [0.05, 0.1) is 16.1 Å². The highest BCUT2D eigenvalue weighted by Gasteiger charge is 2.45. The normalized spacial score (nSPS) is 21.5. The Hall–Kier alpha value is -1.08. The van der Waals surface area contributed by atoms with E-state index in [1.807, 2.05) is 4.90 Å². The first-order chi connectivity index (χ1) is 11.4. The molecule has 0 aliphatic carbocycles. The van der Waals surface area contributed by atoms with Crippen LogP contribution in [0.1, 0.15) is 37.1 Å². The first-order valence-corrected chi connectivity index (χ1v) is 10.7. The summed E-state index contributed by atoms with van der Waals surface area (Å²) in [5.74, 6) is 0.0672. The van der Waals surface area contributed by atoms with Gasteiger partial charge in [-0.2, -0.15) is 0 Å². The quantitative estimate of drug-likeness (QED) is 0.500. The van der Waals surface area contributed by atoms with Crippen molar-refractivity contribution in [3.63, 3.8) is 0 Å². The summed E-state index contributed by atoms with van der Waals surface area (Å²) in [6, 6.07) is 6.27. The van der Waals surface area contributed by atoms with Crippen LogP contribution in [0.4, 0.5) is 5.69 Å². The minimum absolute atomic E-state index is 0.0672. The van der Waals surface area contributed by atoms with Crippen LogP contribution in [0.25, 0.3) is 11.1 Å². The van der Waals surface area contributed by atoms with Crippen molar-refractivity contribution in [1.29, 1.82) is 0 Å². The molecule has 1 amide bonds. The van der Waals surface area contributed by atoms with Gasteiger partial charge in [-0.3, -0.25) is 9.69 Å². The number of aryl methyl sites for hydroxylation is 1. The van der Waals surface area contributed by atoms with Gasteiger partial charge in [-0.1, -0.05) is 44.5 Å². The minimum atomic E-state index is -0.418. The second-order valence-corrected chi connectivity index (χ2v) is 9.73. The highest BCUT2D eigenvalue weighted by molar-refractivity contribution is 7.80. The topological polar surface area (TPSA) is 29.5 Å². The fraction of sp³-hybridized carbons (Fsp3) is 0.444. The smallest absolute Gasteiger partial charge is 0.256 e.